The monoisotopic (exact) mass is 316 g/mol. The van der Waals surface area contributed by atoms with E-state index < -0.39 is 0 Å². The lowest BCUT2D eigenvalue weighted by Crippen LogP contribution is -2.19. The second-order valence-corrected chi connectivity index (χ2v) is 6.38. The van der Waals surface area contributed by atoms with Gasteiger partial charge in [0.2, 0.25) is 5.91 Å². The zero-order chi connectivity index (χ0) is 14.7. The normalized spacial score (nSPS) is 11.2. The largest absolute Gasteiger partial charge is 0.375 e. The number of hydrazone groups is 1. The summed E-state index contributed by atoms with van der Waals surface area (Å²) in [5.74, 6) is -0.153. The number of hydrogen-bond donors (Lipinski definition) is 2. The fourth-order valence-corrected chi connectivity index (χ4v) is 3.24. The molecule has 0 spiro atoms. The van der Waals surface area contributed by atoms with Crippen LogP contribution in [0.4, 0.5) is 5.13 Å². The fourth-order valence-electron chi connectivity index (χ4n) is 1.85. The zero-order valence-corrected chi connectivity index (χ0v) is 12.6. The average molecular weight is 316 g/mol. The van der Waals surface area contributed by atoms with Crippen LogP contribution >= 0.6 is 22.7 Å². The van der Waals surface area contributed by atoms with Gasteiger partial charge in [0, 0.05) is 4.88 Å². The van der Waals surface area contributed by atoms with Crippen LogP contribution in [0, 0.1) is 0 Å². The van der Waals surface area contributed by atoms with E-state index in [0.717, 1.165) is 20.7 Å². The van der Waals surface area contributed by atoms with Crippen molar-refractivity contribution in [3.05, 3.63) is 46.2 Å². The van der Waals surface area contributed by atoms with Crippen molar-refractivity contribution in [3.8, 4) is 0 Å². The van der Waals surface area contributed by atoms with Crippen LogP contribution in [0.25, 0.3) is 10.2 Å². The van der Waals surface area contributed by atoms with Crippen molar-refractivity contribution in [1.29, 1.82) is 0 Å². The molecule has 0 aliphatic carbocycles. The molecule has 0 saturated carbocycles. The summed E-state index contributed by atoms with van der Waals surface area (Å²) in [6.07, 6.45) is 1.91. The Morgan fingerprint density at radius 3 is 3.14 bits per heavy atom. The molecule has 0 fully saturated rings. The van der Waals surface area contributed by atoms with E-state index in [1.165, 1.54) is 11.3 Å². The number of nitrogens with zero attached hydrogens (tertiary/aromatic N) is 2. The highest BCUT2D eigenvalue weighted by atomic mass is 32.1. The van der Waals surface area contributed by atoms with Crippen LogP contribution in [-0.4, -0.2) is 17.1 Å². The van der Waals surface area contributed by atoms with Gasteiger partial charge in [0.15, 0.2) is 5.13 Å². The van der Waals surface area contributed by atoms with Gasteiger partial charge in [-0.2, -0.15) is 5.10 Å². The van der Waals surface area contributed by atoms with Crippen LogP contribution < -0.4 is 11.2 Å². The van der Waals surface area contributed by atoms with E-state index in [2.05, 4.69) is 15.5 Å². The van der Waals surface area contributed by atoms with Crippen molar-refractivity contribution in [3.63, 3.8) is 0 Å². The molecule has 0 radical (unpaired) electrons. The first-order valence-corrected chi connectivity index (χ1v) is 7.91. The van der Waals surface area contributed by atoms with E-state index in [1.54, 1.807) is 17.6 Å². The topological polar surface area (TPSA) is 80.4 Å². The first-order valence-electron chi connectivity index (χ1n) is 6.21. The summed E-state index contributed by atoms with van der Waals surface area (Å²) < 4.78 is 0.986. The predicted octanol–water partition coefficient (Wildman–Crippen LogP) is 2.63. The summed E-state index contributed by atoms with van der Waals surface area (Å²) in [6, 6.07) is 9.56. The van der Waals surface area contributed by atoms with Gasteiger partial charge in [-0.15, -0.1) is 11.3 Å². The molecule has 21 heavy (non-hydrogen) atoms. The third-order valence-corrected chi connectivity index (χ3v) is 4.41. The lowest BCUT2D eigenvalue weighted by atomic mass is 10.1. The first-order chi connectivity index (χ1) is 10.2. The molecule has 1 amide bonds. The molecular weight excluding hydrogens is 304 g/mol. The molecule has 3 rings (SSSR count). The van der Waals surface area contributed by atoms with Gasteiger partial charge < -0.3 is 5.73 Å². The minimum Gasteiger partial charge on any atom is -0.375 e. The van der Waals surface area contributed by atoms with Crippen molar-refractivity contribution in [2.45, 2.75) is 6.42 Å². The molecule has 3 aromatic rings. The van der Waals surface area contributed by atoms with Crippen molar-refractivity contribution in [2.75, 3.05) is 5.73 Å². The summed E-state index contributed by atoms with van der Waals surface area (Å²) in [5, 5.41) is 6.42. The molecule has 0 bridgehead atoms. The highest BCUT2D eigenvalue weighted by Gasteiger charge is 2.06. The molecule has 0 aliphatic heterocycles. The van der Waals surface area contributed by atoms with Crippen LogP contribution in [0.2, 0.25) is 0 Å². The third kappa shape index (κ3) is 3.45. The van der Waals surface area contributed by atoms with Crippen molar-refractivity contribution in [2.24, 2.45) is 5.10 Å². The van der Waals surface area contributed by atoms with Gasteiger partial charge in [0.1, 0.15) is 0 Å². The average Bonchev–Trinajstić information content (AvgIpc) is 3.06. The number of aromatic nitrogens is 1. The molecular formula is C14H12N4OS2. The molecule has 5 nitrogen and oxygen atoms in total. The van der Waals surface area contributed by atoms with E-state index >= 15 is 0 Å². The zero-order valence-electron chi connectivity index (χ0n) is 10.9. The number of thiazole rings is 1. The molecule has 3 N–H and O–H groups in total. The fraction of sp³-hybridized carbons (Fsp3) is 0.0714. The molecule has 0 saturated heterocycles. The van der Waals surface area contributed by atoms with Gasteiger partial charge in [-0.3, -0.25) is 4.79 Å². The number of benzene rings is 1. The number of carbonyl (C=O) groups excluding carboxylic acids is 1. The smallest absolute Gasteiger partial charge is 0.244 e. The maximum absolute atomic E-state index is 11.8. The van der Waals surface area contributed by atoms with Gasteiger partial charge in [-0.05, 0) is 29.1 Å². The highest BCUT2D eigenvalue weighted by Crippen LogP contribution is 2.24. The van der Waals surface area contributed by atoms with Crippen molar-refractivity contribution < 1.29 is 4.79 Å². The van der Waals surface area contributed by atoms with E-state index in [0.29, 0.717) is 5.13 Å². The summed E-state index contributed by atoms with van der Waals surface area (Å²) in [5.41, 5.74) is 9.96. The SMILES string of the molecule is Nc1nc2ccc(CC(=O)N/N=C\c3cccs3)cc2s1. The van der Waals surface area contributed by atoms with Crippen LogP contribution in [0.3, 0.4) is 0 Å². The molecule has 1 aromatic carbocycles. The Labute approximate surface area is 129 Å². The Bertz CT molecular complexity index is 793. The molecule has 2 heterocycles. The first kappa shape index (κ1) is 13.7. The summed E-state index contributed by atoms with van der Waals surface area (Å²) >= 11 is 2.98. The third-order valence-electron chi connectivity index (χ3n) is 2.76. The quantitative estimate of drug-likeness (QED) is 0.573. The van der Waals surface area contributed by atoms with Gasteiger partial charge >= 0.3 is 0 Å². The number of thiophene rings is 1. The van der Waals surface area contributed by atoms with E-state index in [9.17, 15) is 4.79 Å². The molecule has 0 unspecified atom stereocenters. The Balaban J connectivity index is 1.63. The molecule has 7 heteroatoms. The number of hydrogen-bond acceptors (Lipinski definition) is 6. The number of rotatable bonds is 4. The molecule has 0 atom stereocenters. The summed E-state index contributed by atoms with van der Waals surface area (Å²) in [4.78, 5) is 17.0. The predicted molar refractivity (Wildman–Crippen MR) is 87.8 cm³/mol. The number of amides is 1. The molecule has 106 valence electrons. The Morgan fingerprint density at radius 2 is 2.33 bits per heavy atom. The second-order valence-electron chi connectivity index (χ2n) is 4.34. The number of nitrogens with two attached hydrogens (primary N) is 1. The van der Waals surface area contributed by atoms with E-state index in [1.807, 2.05) is 35.7 Å². The van der Waals surface area contributed by atoms with Gasteiger partial charge in [-0.1, -0.05) is 23.5 Å². The van der Waals surface area contributed by atoms with E-state index in [4.69, 9.17) is 5.73 Å². The van der Waals surface area contributed by atoms with Crippen LogP contribution in [0.5, 0.6) is 0 Å². The minimum absolute atomic E-state index is 0.153. The van der Waals surface area contributed by atoms with Crippen LogP contribution in [-0.2, 0) is 11.2 Å². The van der Waals surface area contributed by atoms with Crippen LogP contribution in [0.15, 0.2) is 40.8 Å². The van der Waals surface area contributed by atoms with Gasteiger partial charge in [0.25, 0.3) is 0 Å². The maximum Gasteiger partial charge on any atom is 0.244 e. The molecule has 2 aromatic heterocycles. The standard InChI is InChI=1S/C14H12N4OS2/c15-14-17-11-4-3-9(6-12(11)21-14)7-13(19)18-16-8-10-2-1-5-20-10/h1-6,8H,7H2,(H2,15,17)(H,18,19)/b16-8-. The number of nitrogen functional groups attached to an aromatic ring is 1. The lowest BCUT2D eigenvalue weighted by molar-refractivity contribution is -0.120. The van der Waals surface area contributed by atoms with Crippen LogP contribution in [0.1, 0.15) is 10.4 Å². The molecule has 0 aliphatic rings. The number of anilines is 1. The van der Waals surface area contributed by atoms with E-state index in [-0.39, 0.29) is 12.3 Å². The van der Waals surface area contributed by atoms with Crippen molar-refractivity contribution in [1.82, 2.24) is 10.4 Å². The second kappa shape index (κ2) is 6.02. The van der Waals surface area contributed by atoms with Crippen molar-refractivity contribution >= 4 is 50.1 Å². The Kier molecular flexibility index (Phi) is 3.94. The minimum atomic E-state index is -0.153. The van der Waals surface area contributed by atoms with Gasteiger partial charge in [0.05, 0.1) is 22.9 Å². The Hall–Kier alpha value is -2.25. The maximum atomic E-state index is 11.8. The number of fused-ring (bicyclic) bond motifs is 1. The number of nitrogens with one attached hydrogen (secondary N) is 1. The van der Waals surface area contributed by atoms with Gasteiger partial charge in [-0.25, -0.2) is 10.4 Å². The number of carbonyl (C=O) groups is 1. The lowest BCUT2D eigenvalue weighted by Gasteiger charge is -2.00. The summed E-state index contributed by atoms with van der Waals surface area (Å²) in [7, 11) is 0. The highest BCUT2D eigenvalue weighted by molar-refractivity contribution is 7.22. The Morgan fingerprint density at radius 1 is 1.43 bits per heavy atom. The summed E-state index contributed by atoms with van der Waals surface area (Å²) in [6.45, 7) is 0.